The van der Waals surface area contributed by atoms with E-state index in [9.17, 15) is 10.1 Å². The second kappa shape index (κ2) is 9.14. The molecule has 3 heterocycles. The SMILES string of the molecule is CCN1C(=O)c2c(nc(OC)n2Cc2ccc(OC)c(C#N)c2)N2CC(Cc3ccccc3)N=C12. The van der Waals surface area contributed by atoms with Crippen molar-refractivity contribution in [3.8, 4) is 17.8 Å². The van der Waals surface area contributed by atoms with Crippen molar-refractivity contribution in [1.29, 1.82) is 5.26 Å². The van der Waals surface area contributed by atoms with Gasteiger partial charge in [-0.3, -0.25) is 19.2 Å². The predicted octanol–water partition coefficient (Wildman–Crippen LogP) is 3.08. The number of anilines is 1. The molecule has 0 fully saturated rings. The summed E-state index contributed by atoms with van der Waals surface area (Å²) < 4.78 is 12.6. The van der Waals surface area contributed by atoms with Gasteiger partial charge in [0, 0.05) is 6.54 Å². The number of rotatable bonds is 7. The Bertz CT molecular complexity index is 1340. The number of hydrogen-bond acceptors (Lipinski definition) is 7. The Morgan fingerprint density at radius 3 is 2.60 bits per heavy atom. The van der Waals surface area contributed by atoms with Gasteiger partial charge >= 0.3 is 0 Å². The van der Waals surface area contributed by atoms with Crippen molar-refractivity contribution in [2.45, 2.75) is 25.9 Å². The van der Waals surface area contributed by atoms with E-state index in [-0.39, 0.29) is 11.9 Å². The molecule has 0 saturated carbocycles. The summed E-state index contributed by atoms with van der Waals surface area (Å²) in [6.45, 7) is 3.37. The molecule has 2 aromatic carbocycles. The lowest BCUT2D eigenvalue weighted by Crippen LogP contribution is -2.50. The Kier molecular flexibility index (Phi) is 5.87. The molecule has 1 amide bonds. The van der Waals surface area contributed by atoms with E-state index in [4.69, 9.17) is 19.5 Å². The number of methoxy groups -OCH3 is 2. The van der Waals surface area contributed by atoms with Gasteiger partial charge in [-0.1, -0.05) is 36.4 Å². The average molecular weight is 471 g/mol. The fraction of sp³-hybridized carbons (Fsp3) is 0.308. The van der Waals surface area contributed by atoms with Gasteiger partial charge in [-0.25, -0.2) is 4.99 Å². The molecule has 0 spiro atoms. The zero-order chi connectivity index (χ0) is 24.5. The van der Waals surface area contributed by atoms with Gasteiger partial charge < -0.3 is 9.47 Å². The summed E-state index contributed by atoms with van der Waals surface area (Å²) in [7, 11) is 3.07. The number of carbonyl (C=O) groups is 1. The minimum atomic E-state index is -0.164. The zero-order valence-electron chi connectivity index (χ0n) is 19.9. The number of benzene rings is 2. The summed E-state index contributed by atoms with van der Waals surface area (Å²) in [6.07, 6.45) is 0.780. The Labute approximate surface area is 203 Å². The largest absolute Gasteiger partial charge is 0.495 e. The summed E-state index contributed by atoms with van der Waals surface area (Å²) in [5, 5.41) is 9.48. The van der Waals surface area contributed by atoms with Gasteiger partial charge in [0.15, 0.2) is 11.5 Å². The van der Waals surface area contributed by atoms with Gasteiger partial charge in [0.2, 0.25) is 5.96 Å². The molecule has 9 nitrogen and oxygen atoms in total. The minimum absolute atomic E-state index is 0.0103. The predicted molar refractivity (Wildman–Crippen MR) is 131 cm³/mol. The quantitative estimate of drug-likeness (QED) is 0.527. The molecule has 3 aromatic rings. The maximum atomic E-state index is 13.6. The van der Waals surface area contributed by atoms with Crippen LogP contribution in [0.5, 0.6) is 11.8 Å². The molecule has 1 atom stereocenters. The van der Waals surface area contributed by atoms with E-state index in [1.54, 1.807) is 21.6 Å². The third-order valence-corrected chi connectivity index (χ3v) is 6.33. The van der Waals surface area contributed by atoms with Crippen LogP contribution in [0, 0.1) is 11.3 Å². The molecule has 0 saturated heterocycles. The number of imidazole rings is 1. The monoisotopic (exact) mass is 470 g/mol. The fourth-order valence-electron chi connectivity index (χ4n) is 4.71. The van der Waals surface area contributed by atoms with E-state index in [1.807, 2.05) is 36.1 Å². The zero-order valence-corrected chi connectivity index (χ0v) is 19.9. The number of ether oxygens (including phenoxy) is 2. The average Bonchev–Trinajstić information content (AvgIpc) is 3.46. The molecule has 1 aromatic heterocycles. The summed E-state index contributed by atoms with van der Waals surface area (Å²) in [6, 6.07) is 18.1. The molecular formula is C26H26N6O3. The van der Waals surface area contributed by atoms with E-state index in [0.717, 1.165) is 12.0 Å². The summed E-state index contributed by atoms with van der Waals surface area (Å²) in [5.41, 5.74) is 2.92. The Morgan fingerprint density at radius 2 is 1.91 bits per heavy atom. The van der Waals surface area contributed by atoms with E-state index in [0.29, 0.717) is 54.4 Å². The van der Waals surface area contributed by atoms with Gasteiger partial charge in [0.05, 0.1) is 38.9 Å². The minimum Gasteiger partial charge on any atom is -0.495 e. The van der Waals surface area contributed by atoms with Gasteiger partial charge in [0.1, 0.15) is 11.8 Å². The number of aromatic nitrogens is 2. The molecule has 0 N–H and O–H groups in total. The van der Waals surface area contributed by atoms with E-state index >= 15 is 0 Å². The van der Waals surface area contributed by atoms with Crippen molar-refractivity contribution < 1.29 is 14.3 Å². The van der Waals surface area contributed by atoms with Crippen LogP contribution in [-0.4, -0.2) is 59.7 Å². The Hall–Kier alpha value is -4.32. The maximum Gasteiger partial charge on any atom is 0.299 e. The normalized spacial score (nSPS) is 16.5. The standard InChI is InChI=1S/C26H26N6O3/c1-4-30-24(33)22-23(32-16-20(28-25(30)32)13-17-8-6-5-7-9-17)29-26(35-3)31(22)15-18-10-11-21(34-2)19(12-18)14-27/h5-12,20H,4,13,15-16H2,1-3H3. The highest BCUT2D eigenvalue weighted by molar-refractivity contribution is 6.18. The van der Waals surface area contributed by atoms with Crippen LogP contribution < -0.4 is 14.4 Å². The number of hydrogen-bond donors (Lipinski definition) is 0. The lowest BCUT2D eigenvalue weighted by Gasteiger charge is -2.32. The van der Waals surface area contributed by atoms with E-state index in [2.05, 4.69) is 18.2 Å². The molecule has 178 valence electrons. The maximum absolute atomic E-state index is 13.6. The number of nitriles is 1. The van der Waals surface area contributed by atoms with Gasteiger partial charge in [-0.2, -0.15) is 10.2 Å². The Morgan fingerprint density at radius 1 is 1.11 bits per heavy atom. The van der Waals surface area contributed by atoms with Crippen LogP contribution in [0.3, 0.4) is 0 Å². The first-order valence-corrected chi connectivity index (χ1v) is 11.5. The summed E-state index contributed by atoms with van der Waals surface area (Å²) in [4.78, 5) is 27.0. The third-order valence-electron chi connectivity index (χ3n) is 6.33. The van der Waals surface area contributed by atoms with E-state index < -0.39 is 0 Å². The molecular weight excluding hydrogens is 444 g/mol. The first-order chi connectivity index (χ1) is 17.1. The summed E-state index contributed by atoms with van der Waals surface area (Å²) in [5.74, 6) is 1.53. The van der Waals surface area contributed by atoms with Crippen molar-refractivity contribution in [2.75, 3.05) is 32.2 Å². The van der Waals surface area contributed by atoms with Gasteiger partial charge in [0.25, 0.3) is 11.9 Å². The second-order valence-corrected chi connectivity index (χ2v) is 8.44. The first-order valence-electron chi connectivity index (χ1n) is 11.5. The summed E-state index contributed by atoms with van der Waals surface area (Å²) >= 11 is 0. The highest BCUT2D eigenvalue weighted by Crippen LogP contribution is 2.36. The fourth-order valence-corrected chi connectivity index (χ4v) is 4.71. The second-order valence-electron chi connectivity index (χ2n) is 8.44. The van der Waals surface area contributed by atoms with E-state index in [1.165, 1.54) is 19.8 Å². The number of amides is 1. The lowest BCUT2D eigenvalue weighted by molar-refractivity contribution is 0.0835. The first kappa shape index (κ1) is 22.5. The number of aliphatic imine (C=N–C) groups is 1. The van der Waals surface area contributed by atoms with Crippen LogP contribution in [0.25, 0.3) is 0 Å². The molecule has 2 aliphatic rings. The molecule has 0 aliphatic carbocycles. The highest BCUT2D eigenvalue weighted by atomic mass is 16.5. The van der Waals surface area contributed by atoms with Crippen LogP contribution >= 0.6 is 0 Å². The van der Waals surface area contributed by atoms with Crippen LogP contribution in [0.15, 0.2) is 53.5 Å². The molecule has 9 heteroatoms. The van der Waals surface area contributed by atoms with Crippen molar-refractivity contribution in [1.82, 2.24) is 14.5 Å². The molecule has 1 unspecified atom stereocenters. The number of carbonyl (C=O) groups excluding carboxylic acids is 1. The van der Waals surface area contributed by atoms with Crippen LogP contribution in [0.4, 0.5) is 5.82 Å². The molecule has 5 rings (SSSR count). The van der Waals surface area contributed by atoms with Crippen molar-refractivity contribution in [3.63, 3.8) is 0 Å². The third kappa shape index (κ3) is 3.87. The van der Waals surface area contributed by atoms with Gasteiger partial charge in [-0.15, -0.1) is 0 Å². The number of guanidine groups is 1. The Balaban J connectivity index is 1.52. The number of nitrogens with zero attached hydrogens (tertiary/aromatic N) is 6. The van der Waals surface area contributed by atoms with Crippen LogP contribution in [0.1, 0.15) is 34.1 Å². The number of fused-ring (bicyclic) bond motifs is 3. The van der Waals surface area contributed by atoms with Crippen LogP contribution in [-0.2, 0) is 13.0 Å². The van der Waals surface area contributed by atoms with Crippen molar-refractivity contribution >= 4 is 17.7 Å². The van der Waals surface area contributed by atoms with Crippen molar-refractivity contribution in [3.05, 3.63) is 70.9 Å². The molecule has 35 heavy (non-hydrogen) atoms. The smallest absolute Gasteiger partial charge is 0.299 e. The molecule has 0 radical (unpaired) electrons. The molecule has 2 aliphatic heterocycles. The highest BCUT2D eigenvalue weighted by Gasteiger charge is 2.43. The molecule has 0 bridgehead atoms. The van der Waals surface area contributed by atoms with Gasteiger partial charge in [-0.05, 0) is 36.6 Å². The van der Waals surface area contributed by atoms with Crippen molar-refractivity contribution in [2.24, 2.45) is 4.99 Å². The topological polar surface area (TPSA) is 96.0 Å². The van der Waals surface area contributed by atoms with Crippen LogP contribution in [0.2, 0.25) is 0 Å². The lowest BCUT2D eigenvalue weighted by atomic mass is 10.1.